The molecule has 6 fully saturated rings. The third kappa shape index (κ3) is 2.80. The third-order valence-corrected chi connectivity index (χ3v) is 11.9. The fourth-order valence-corrected chi connectivity index (χ4v) is 10.3. The molecule has 0 aromatic rings. The first-order valence-corrected chi connectivity index (χ1v) is 13.4. The lowest BCUT2D eigenvalue weighted by molar-refractivity contribution is -0.273. The number of hydrogen-bond acceptors (Lipinski definition) is 4. The van der Waals surface area contributed by atoms with E-state index >= 15 is 0 Å². The Morgan fingerprint density at radius 2 is 1.58 bits per heavy atom. The molecule has 1 spiro atoms. The Labute approximate surface area is 188 Å². The van der Waals surface area contributed by atoms with Crippen LogP contribution in [0.25, 0.3) is 0 Å². The molecule has 13 atom stereocenters. The smallest absolute Gasteiger partial charge is 0.171 e. The average molecular weight is 433 g/mol. The fraction of sp³-hybridized carbons (Fsp3) is 1.00. The van der Waals surface area contributed by atoms with Crippen molar-refractivity contribution >= 4 is 0 Å². The van der Waals surface area contributed by atoms with Crippen LogP contribution in [-0.4, -0.2) is 40.9 Å². The Bertz CT molecular complexity index is 716. The van der Waals surface area contributed by atoms with Gasteiger partial charge in [0.05, 0.1) is 24.9 Å². The minimum absolute atomic E-state index is 0.191. The molecule has 2 saturated heterocycles. The van der Waals surface area contributed by atoms with Crippen LogP contribution in [0, 0.1) is 52.3 Å². The largest absolute Gasteiger partial charge is 0.393 e. The van der Waals surface area contributed by atoms with E-state index in [1.807, 2.05) is 0 Å². The van der Waals surface area contributed by atoms with Crippen molar-refractivity contribution in [3.05, 3.63) is 0 Å². The second kappa shape index (κ2) is 6.93. The normalized spacial score (nSPS) is 63.3. The highest BCUT2D eigenvalue weighted by Gasteiger charge is 2.69. The molecule has 4 heteroatoms. The quantitative estimate of drug-likeness (QED) is 0.579. The first-order chi connectivity index (χ1) is 14.7. The minimum atomic E-state index is -0.338. The van der Waals surface area contributed by atoms with Gasteiger partial charge in [0.2, 0.25) is 0 Å². The van der Waals surface area contributed by atoms with Gasteiger partial charge in [-0.05, 0) is 97.7 Å². The Morgan fingerprint density at radius 1 is 0.806 bits per heavy atom. The van der Waals surface area contributed by atoms with Gasteiger partial charge in [-0.2, -0.15) is 0 Å². The zero-order valence-electron chi connectivity index (χ0n) is 20.1. The summed E-state index contributed by atoms with van der Waals surface area (Å²) in [7, 11) is 0. The molecule has 4 saturated carbocycles. The van der Waals surface area contributed by atoms with E-state index in [2.05, 4.69) is 27.7 Å². The molecule has 2 N–H and O–H groups in total. The summed E-state index contributed by atoms with van der Waals surface area (Å²) in [6, 6.07) is 0. The summed E-state index contributed by atoms with van der Waals surface area (Å²) < 4.78 is 13.3. The second-order valence-corrected chi connectivity index (χ2v) is 13.2. The summed E-state index contributed by atoms with van der Waals surface area (Å²) in [5.74, 6) is 3.58. The molecular formula is C27H44O4. The van der Waals surface area contributed by atoms with Crippen LogP contribution in [0.3, 0.4) is 0 Å². The highest BCUT2D eigenvalue weighted by Crippen LogP contribution is 2.71. The van der Waals surface area contributed by atoms with E-state index in [4.69, 9.17) is 9.47 Å². The van der Waals surface area contributed by atoms with E-state index in [0.29, 0.717) is 47.0 Å². The number of hydrogen-bond donors (Lipinski definition) is 2. The van der Waals surface area contributed by atoms with Crippen molar-refractivity contribution in [1.29, 1.82) is 0 Å². The minimum Gasteiger partial charge on any atom is -0.393 e. The Hall–Kier alpha value is -0.160. The van der Waals surface area contributed by atoms with Crippen LogP contribution >= 0.6 is 0 Å². The van der Waals surface area contributed by atoms with Crippen LogP contribution in [0.4, 0.5) is 0 Å². The second-order valence-electron chi connectivity index (χ2n) is 13.2. The molecule has 6 aliphatic rings. The Morgan fingerprint density at radius 3 is 2.32 bits per heavy atom. The van der Waals surface area contributed by atoms with Gasteiger partial charge in [-0.25, -0.2) is 0 Å². The molecular weight excluding hydrogens is 388 g/mol. The summed E-state index contributed by atoms with van der Waals surface area (Å²) >= 11 is 0. The SMILES string of the molecule is C[C@@H]1CC[C@@]2(OC1)OC1C[C@H]3C4C[C@H](O)[C@H]5C[C@@H](O)CC[C@]5(C)C4CC[C@]3(C)C1[C@@H]2C. The molecule has 31 heavy (non-hydrogen) atoms. The zero-order chi connectivity index (χ0) is 21.8. The topological polar surface area (TPSA) is 58.9 Å². The van der Waals surface area contributed by atoms with Crippen molar-refractivity contribution in [3.8, 4) is 0 Å². The lowest BCUT2D eigenvalue weighted by atomic mass is 9.43. The monoisotopic (exact) mass is 432 g/mol. The molecule has 2 heterocycles. The first-order valence-electron chi connectivity index (χ1n) is 13.4. The van der Waals surface area contributed by atoms with E-state index in [1.165, 1.54) is 19.3 Å². The standard InChI is InChI=1S/C27H44O4/c1-15-5-10-27(30-14-15)16(2)24-23(31-27)13-20-18-12-22(29)21-11-17(28)6-8-25(21,3)19(18)7-9-26(20,24)4/h15-24,28-29H,5-14H2,1-4H3/t15-,16+,17+,18?,19?,20+,21-,22+,23?,24?,25-,26+,27-/m1/s1. The fourth-order valence-electron chi connectivity index (χ4n) is 10.3. The van der Waals surface area contributed by atoms with Crippen molar-refractivity contribution in [3.63, 3.8) is 0 Å². The van der Waals surface area contributed by atoms with E-state index in [1.54, 1.807) is 0 Å². The molecule has 4 aliphatic carbocycles. The molecule has 176 valence electrons. The lowest BCUT2D eigenvalue weighted by Gasteiger charge is -2.62. The predicted molar refractivity (Wildman–Crippen MR) is 119 cm³/mol. The van der Waals surface area contributed by atoms with Gasteiger partial charge in [0, 0.05) is 12.3 Å². The maximum Gasteiger partial charge on any atom is 0.171 e. The highest BCUT2D eigenvalue weighted by atomic mass is 16.7. The number of fused-ring (bicyclic) bond motifs is 7. The van der Waals surface area contributed by atoms with Crippen molar-refractivity contribution in [2.75, 3.05) is 6.61 Å². The third-order valence-electron chi connectivity index (χ3n) is 11.9. The molecule has 4 nitrogen and oxygen atoms in total. The summed E-state index contributed by atoms with van der Waals surface area (Å²) in [5.41, 5.74) is 0.495. The van der Waals surface area contributed by atoms with Gasteiger partial charge in [-0.1, -0.05) is 27.7 Å². The van der Waals surface area contributed by atoms with E-state index in [0.717, 1.165) is 45.1 Å². The van der Waals surface area contributed by atoms with Gasteiger partial charge in [-0.15, -0.1) is 0 Å². The average Bonchev–Trinajstić information content (AvgIpc) is 3.17. The predicted octanol–water partition coefficient (Wildman–Crippen LogP) is 4.76. The van der Waals surface area contributed by atoms with Crippen molar-refractivity contribution in [1.82, 2.24) is 0 Å². The van der Waals surface area contributed by atoms with Crippen LogP contribution in [0.1, 0.15) is 85.5 Å². The van der Waals surface area contributed by atoms with Crippen LogP contribution < -0.4 is 0 Å². The highest BCUT2D eigenvalue weighted by molar-refractivity contribution is 5.16. The Balaban J connectivity index is 1.28. The number of aliphatic hydroxyl groups excluding tert-OH is 2. The molecule has 0 radical (unpaired) electrons. The summed E-state index contributed by atoms with van der Waals surface area (Å²) in [6.07, 6.45) is 9.58. The summed E-state index contributed by atoms with van der Waals surface area (Å²) in [5, 5.41) is 21.5. The molecule has 0 bridgehead atoms. The molecule has 0 aromatic heterocycles. The summed E-state index contributed by atoms with van der Waals surface area (Å²) in [4.78, 5) is 0. The lowest BCUT2D eigenvalue weighted by Crippen LogP contribution is -2.58. The molecule has 0 aromatic carbocycles. The molecule has 2 aliphatic heterocycles. The van der Waals surface area contributed by atoms with E-state index in [9.17, 15) is 10.2 Å². The van der Waals surface area contributed by atoms with Crippen LogP contribution in [0.2, 0.25) is 0 Å². The van der Waals surface area contributed by atoms with Gasteiger partial charge in [-0.3, -0.25) is 0 Å². The van der Waals surface area contributed by atoms with Gasteiger partial charge in [0.15, 0.2) is 5.79 Å². The maximum absolute atomic E-state index is 11.2. The van der Waals surface area contributed by atoms with Gasteiger partial charge >= 0.3 is 0 Å². The Kier molecular flexibility index (Phi) is 4.78. The van der Waals surface area contributed by atoms with Gasteiger partial charge in [0.25, 0.3) is 0 Å². The van der Waals surface area contributed by atoms with Crippen molar-refractivity contribution in [2.45, 2.75) is 110 Å². The van der Waals surface area contributed by atoms with Gasteiger partial charge < -0.3 is 19.7 Å². The molecule has 0 amide bonds. The van der Waals surface area contributed by atoms with E-state index in [-0.39, 0.29) is 29.3 Å². The molecule has 4 unspecified atom stereocenters. The van der Waals surface area contributed by atoms with Crippen molar-refractivity contribution in [2.24, 2.45) is 52.3 Å². The number of aliphatic hydroxyl groups is 2. The molecule has 6 rings (SSSR count). The number of rotatable bonds is 0. The summed E-state index contributed by atoms with van der Waals surface area (Å²) in [6.45, 7) is 10.6. The van der Waals surface area contributed by atoms with Crippen molar-refractivity contribution < 1.29 is 19.7 Å². The first kappa shape index (κ1) is 21.4. The number of ether oxygens (including phenoxy) is 2. The van der Waals surface area contributed by atoms with Crippen LogP contribution in [-0.2, 0) is 9.47 Å². The van der Waals surface area contributed by atoms with Crippen LogP contribution in [0.5, 0.6) is 0 Å². The van der Waals surface area contributed by atoms with Crippen LogP contribution in [0.15, 0.2) is 0 Å². The van der Waals surface area contributed by atoms with Gasteiger partial charge in [0.1, 0.15) is 0 Å². The maximum atomic E-state index is 11.2. The zero-order valence-corrected chi connectivity index (χ0v) is 20.1. The van der Waals surface area contributed by atoms with E-state index < -0.39 is 0 Å².